The van der Waals surface area contributed by atoms with Crippen molar-refractivity contribution in [2.24, 2.45) is 7.05 Å². The number of aromatic nitrogens is 2. The summed E-state index contributed by atoms with van der Waals surface area (Å²) in [6, 6.07) is -0.489. The molecule has 1 aliphatic rings. The van der Waals surface area contributed by atoms with Crippen LogP contribution in [-0.4, -0.2) is 38.1 Å². The van der Waals surface area contributed by atoms with Gasteiger partial charge in [0.25, 0.3) is 0 Å². The molecule has 0 aliphatic carbocycles. The Hall–Kier alpha value is -1.37. The van der Waals surface area contributed by atoms with Crippen LogP contribution in [0.2, 0.25) is 0 Å². The van der Waals surface area contributed by atoms with E-state index in [0.29, 0.717) is 6.54 Å². The highest BCUT2D eigenvalue weighted by atomic mass is 79.9. The van der Waals surface area contributed by atoms with Crippen LogP contribution in [0.15, 0.2) is 4.47 Å². The Morgan fingerprint density at radius 2 is 2.00 bits per heavy atom. The van der Waals surface area contributed by atoms with Crippen molar-refractivity contribution in [1.82, 2.24) is 20.0 Å². The Morgan fingerprint density at radius 1 is 1.38 bits per heavy atom. The Morgan fingerprint density at radius 3 is 2.52 bits per heavy atom. The van der Waals surface area contributed by atoms with E-state index in [0.717, 1.165) is 22.3 Å². The van der Waals surface area contributed by atoms with Crippen LogP contribution < -0.4 is 5.32 Å². The summed E-state index contributed by atoms with van der Waals surface area (Å²) in [5.74, 6) is -0.214. The van der Waals surface area contributed by atoms with E-state index < -0.39 is 11.6 Å². The van der Waals surface area contributed by atoms with Crippen molar-refractivity contribution in [1.29, 1.82) is 0 Å². The number of nitrogens with one attached hydrogen (secondary N) is 1. The fourth-order valence-electron chi connectivity index (χ4n) is 2.50. The number of nitrogens with zero attached hydrogens (tertiary/aromatic N) is 3. The summed E-state index contributed by atoms with van der Waals surface area (Å²) in [7, 11) is 1.85. The van der Waals surface area contributed by atoms with Gasteiger partial charge in [0.2, 0.25) is 11.8 Å². The number of hydrogen-bond donors (Lipinski definition) is 1. The lowest BCUT2D eigenvalue weighted by molar-refractivity contribution is -0.153. The third-order valence-corrected chi connectivity index (χ3v) is 4.82. The molecule has 6 nitrogen and oxygen atoms in total. The maximum atomic E-state index is 12.6. The Bertz CT molecular complexity index is 594. The standard InChI is InChI=1S/C14H21BrN4O2/c1-6-9-11(15)10(18(5)17-9)7-19-8(2)12(20)16-14(3,4)13(19)21/h8H,6-7H2,1-5H3,(H,16,20). The molecule has 21 heavy (non-hydrogen) atoms. The molecule has 0 saturated carbocycles. The first-order valence-electron chi connectivity index (χ1n) is 7.02. The van der Waals surface area contributed by atoms with Gasteiger partial charge in [-0.2, -0.15) is 5.10 Å². The van der Waals surface area contributed by atoms with E-state index in [4.69, 9.17) is 0 Å². The van der Waals surface area contributed by atoms with E-state index in [9.17, 15) is 9.59 Å². The second kappa shape index (κ2) is 5.44. The zero-order valence-corrected chi connectivity index (χ0v) is 14.6. The highest BCUT2D eigenvalue weighted by Crippen LogP contribution is 2.26. The predicted molar refractivity (Wildman–Crippen MR) is 82.5 cm³/mol. The van der Waals surface area contributed by atoms with Crippen molar-refractivity contribution in [3.05, 3.63) is 15.9 Å². The first kappa shape index (κ1) is 16.0. The summed E-state index contributed by atoms with van der Waals surface area (Å²) >= 11 is 3.55. The molecule has 1 atom stereocenters. The topological polar surface area (TPSA) is 67.2 Å². The Balaban J connectivity index is 2.35. The summed E-state index contributed by atoms with van der Waals surface area (Å²) in [4.78, 5) is 26.2. The first-order valence-corrected chi connectivity index (χ1v) is 7.81. The van der Waals surface area contributed by atoms with Crippen LogP contribution in [0, 0.1) is 0 Å². The van der Waals surface area contributed by atoms with Gasteiger partial charge in [-0.25, -0.2) is 0 Å². The van der Waals surface area contributed by atoms with Crippen molar-refractivity contribution in [2.45, 2.75) is 52.2 Å². The molecule has 116 valence electrons. The molecule has 0 bridgehead atoms. The number of piperazine rings is 1. The number of carbonyl (C=O) groups excluding carboxylic acids is 2. The van der Waals surface area contributed by atoms with E-state index in [2.05, 4.69) is 26.3 Å². The first-order chi connectivity index (χ1) is 9.69. The molecule has 0 aromatic carbocycles. The molecule has 1 aliphatic heterocycles. The molecule has 1 N–H and O–H groups in total. The zero-order valence-electron chi connectivity index (χ0n) is 13.0. The van der Waals surface area contributed by atoms with Gasteiger partial charge in [0.05, 0.1) is 22.4 Å². The minimum Gasteiger partial charge on any atom is -0.340 e. The predicted octanol–water partition coefficient (Wildman–Crippen LogP) is 1.37. The maximum absolute atomic E-state index is 12.6. The molecule has 0 spiro atoms. The zero-order chi connectivity index (χ0) is 15.9. The van der Waals surface area contributed by atoms with Crippen LogP contribution in [-0.2, 0) is 29.6 Å². The molecule has 1 fully saturated rings. The third kappa shape index (κ3) is 2.71. The van der Waals surface area contributed by atoms with E-state index >= 15 is 0 Å². The minimum absolute atomic E-state index is 0.0826. The highest BCUT2D eigenvalue weighted by Gasteiger charge is 2.43. The fourth-order valence-corrected chi connectivity index (χ4v) is 3.25. The largest absolute Gasteiger partial charge is 0.340 e. The van der Waals surface area contributed by atoms with Gasteiger partial charge in [-0.05, 0) is 43.1 Å². The molecule has 0 radical (unpaired) electrons. The third-order valence-electron chi connectivity index (χ3n) is 3.90. The maximum Gasteiger partial charge on any atom is 0.248 e. The van der Waals surface area contributed by atoms with Gasteiger partial charge in [0.1, 0.15) is 11.6 Å². The molecule has 1 aromatic rings. The van der Waals surface area contributed by atoms with Gasteiger partial charge in [-0.15, -0.1) is 0 Å². The minimum atomic E-state index is -0.873. The van der Waals surface area contributed by atoms with Crippen LogP contribution in [0.25, 0.3) is 0 Å². The number of amides is 2. The quantitative estimate of drug-likeness (QED) is 0.889. The van der Waals surface area contributed by atoms with Crippen molar-refractivity contribution in [2.75, 3.05) is 0 Å². The van der Waals surface area contributed by atoms with Gasteiger partial charge < -0.3 is 10.2 Å². The molecule has 2 heterocycles. The van der Waals surface area contributed by atoms with Crippen LogP contribution >= 0.6 is 15.9 Å². The second-order valence-corrected chi connectivity index (χ2v) is 6.70. The molecular weight excluding hydrogens is 336 g/mol. The van der Waals surface area contributed by atoms with Crippen LogP contribution in [0.1, 0.15) is 39.1 Å². The summed E-state index contributed by atoms with van der Waals surface area (Å²) in [6.07, 6.45) is 0.809. The van der Waals surface area contributed by atoms with E-state index in [1.165, 1.54) is 0 Å². The SMILES string of the molecule is CCc1nn(C)c(CN2C(=O)C(C)(C)NC(=O)C2C)c1Br. The number of carbonyl (C=O) groups is 2. The molecular formula is C14H21BrN4O2. The molecule has 7 heteroatoms. The Labute approximate surface area is 133 Å². The second-order valence-electron chi connectivity index (χ2n) is 5.91. The summed E-state index contributed by atoms with van der Waals surface area (Å²) < 4.78 is 2.68. The lowest BCUT2D eigenvalue weighted by Gasteiger charge is -2.41. The molecule has 1 saturated heterocycles. The molecule has 2 rings (SSSR count). The smallest absolute Gasteiger partial charge is 0.248 e. The monoisotopic (exact) mass is 356 g/mol. The van der Waals surface area contributed by atoms with Gasteiger partial charge in [0.15, 0.2) is 0 Å². The normalized spacial score (nSPS) is 21.6. The lowest BCUT2D eigenvalue weighted by atomic mass is 9.97. The summed E-state index contributed by atoms with van der Waals surface area (Å²) in [5.41, 5.74) is 0.980. The van der Waals surface area contributed by atoms with Crippen LogP contribution in [0.3, 0.4) is 0 Å². The average molecular weight is 357 g/mol. The molecule has 2 amide bonds. The number of hydrogen-bond acceptors (Lipinski definition) is 3. The number of halogens is 1. The van der Waals surface area contributed by atoms with Crippen molar-refractivity contribution < 1.29 is 9.59 Å². The average Bonchev–Trinajstić information content (AvgIpc) is 2.67. The summed E-state index contributed by atoms with van der Waals surface area (Å²) in [5, 5.41) is 7.18. The van der Waals surface area contributed by atoms with Crippen molar-refractivity contribution in [3.63, 3.8) is 0 Å². The Kier molecular flexibility index (Phi) is 4.15. The van der Waals surface area contributed by atoms with E-state index in [1.54, 1.807) is 30.4 Å². The summed E-state index contributed by atoms with van der Waals surface area (Å²) in [6.45, 7) is 7.58. The van der Waals surface area contributed by atoms with E-state index in [1.807, 2.05) is 14.0 Å². The number of rotatable bonds is 3. The van der Waals surface area contributed by atoms with Gasteiger partial charge in [-0.3, -0.25) is 14.3 Å². The van der Waals surface area contributed by atoms with Crippen molar-refractivity contribution >= 4 is 27.7 Å². The lowest BCUT2D eigenvalue weighted by Crippen LogP contribution is -2.67. The van der Waals surface area contributed by atoms with Crippen LogP contribution in [0.5, 0.6) is 0 Å². The van der Waals surface area contributed by atoms with Crippen LogP contribution in [0.4, 0.5) is 0 Å². The van der Waals surface area contributed by atoms with E-state index in [-0.39, 0.29) is 11.8 Å². The van der Waals surface area contributed by atoms with Crippen molar-refractivity contribution in [3.8, 4) is 0 Å². The fraction of sp³-hybridized carbons (Fsp3) is 0.643. The molecule has 1 aromatic heterocycles. The highest BCUT2D eigenvalue weighted by molar-refractivity contribution is 9.10. The number of aryl methyl sites for hydroxylation is 2. The van der Waals surface area contributed by atoms with Gasteiger partial charge in [0, 0.05) is 7.05 Å². The van der Waals surface area contributed by atoms with Gasteiger partial charge in [-0.1, -0.05) is 6.92 Å². The molecule has 1 unspecified atom stereocenters. The van der Waals surface area contributed by atoms with Gasteiger partial charge >= 0.3 is 0 Å².